The first-order valence-electron chi connectivity index (χ1n) is 3.16. The Morgan fingerprint density at radius 2 is 1.38 bits per heavy atom. The van der Waals surface area contributed by atoms with E-state index in [-0.39, 0.29) is 5.69 Å². The molecule has 0 saturated carbocycles. The predicted octanol–water partition coefficient (Wildman–Crippen LogP) is 2.19. The second kappa shape index (κ2) is 3.05. The monoisotopic (exact) mass is 182 g/mol. The smallest absolute Gasteiger partial charge is 0.275 e. The van der Waals surface area contributed by atoms with Gasteiger partial charge in [-0.3, -0.25) is 20.2 Å². The topological polar surface area (TPSA) is 110 Å². The summed E-state index contributed by atoms with van der Waals surface area (Å²) in [6.07, 6.45) is 0. The molecule has 1 rings (SSSR count). The fourth-order valence-electron chi connectivity index (χ4n) is 0.806. The van der Waals surface area contributed by atoms with Gasteiger partial charge in [-0.05, 0) is 0 Å². The lowest BCUT2D eigenvalue weighted by atomic mass is 10.2. The average Bonchev–Trinajstić information content (AvgIpc) is 2.03. The van der Waals surface area contributed by atoms with Crippen molar-refractivity contribution in [2.45, 2.75) is 0 Å². The minimum atomic E-state index is -0.773. The van der Waals surface area contributed by atoms with E-state index in [1.807, 2.05) is 0 Å². The van der Waals surface area contributed by atoms with E-state index in [0.29, 0.717) is 0 Å². The van der Waals surface area contributed by atoms with Gasteiger partial charge in [0.15, 0.2) is 0 Å². The number of nitrogens with one attached hydrogen (secondary N) is 1. The summed E-state index contributed by atoms with van der Waals surface area (Å²) in [4.78, 5) is 18.9. The summed E-state index contributed by atoms with van der Waals surface area (Å²) in [6.45, 7) is 0. The second-order valence-corrected chi connectivity index (χ2v) is 2.25. The van der Waals surface area contributed by atoms with Crippen molar-refractivity contribution < 1.29 is 9.85 Å². The van der Waals surface area contributed by atoms with E-state index >= 15 is 0 Å². The maximum atomic E-state index is 10.2. The van der Waals surface area contributed by atoms with Crippen molar-refractivity contribution in [2.75, 3.05) is 0 Å². The molecule has 0 aliphatic heterocycles. The molecule has 0 saturated heterocycles. The normalized spacial score (nSPS) is 9.54. The van der Waals surface area contributed by atoms with E-state index < -0.39 is 21.2 Å². The van der Waals surface area contributed by atoms with Gasteiger partial charge >= 0.3 is 0 Å². The first kappa shape index (κ1) is 8.91. The van der Waals surface area contributed by atoms with E-state index in [0.717, 1.165) is 18.2 Å². The van der Waals surface area contributed by atoms with Gasteiger partial charge in [-0.15, -0.1) is 5.69 Å². The predicted molar refractivity (Wildman–Crippen MR) is 43.7 cm³/mol. The molecule has 0 aliphatic rings. The van der Waals surface area contributed by atoms with Crippen molar-refractivity contribution in [1.29, 1.82) is 0 Å². The minimum Gasteiger partial charge on any atom is -0.698 e. The minimum absolute atomic E-state index is 0.249. The highest BCUT2D eigenvalue weighted by molar-refractivity contribution is 5.58. The molecule has 0 aliphatic carbocycles. The van der Waals surface area contributed by atoms with Crippen LogP contribution in [0.4, 0.5) is 17.1 Å². The van der Waals surface area contributed by atoms with Crippen molar-refractivity contribution in [3.05, 3.63) is 44.2 Å². The third-order valence-corrected chi connectivity index (χ3v) is 1.32. The Bertz CT molecular complexity index is 344. The van der Waals surface area contributed by atoms with Crippen molar-refractivity contribution in [2.24, 2.45) is 0 Å². The van der Waals surface area contributed by atoms with Gasteiger partial charge in [0.1, 0.15) is 0 Å². The quantitative estimate of drug-likeness (QED) is 0.515. The Kier molecular flexibility index (Phi) is 2.09. The van der Waals surface area contributed by atoms with Crippen LogP contribution in [0.2, 0.25) is 0 Å². The maximum Gasteiger partial charge on any atom is 0.275 e. The Hall–Kier alpha value is -2.18. The van der Waals surface area contributed by atoms with Crippen LogP contribution in [-0.4, -0.2) is 9.85 Å². The molecular weight excluding hydrogens is 178 g/mol. The maximum absolute atomic E-state index is 10.2. The molecule has 1 N–H and O–H groups in total. The van der Waals surface area contributed by atoms with Gasteiger partial charge in [0.25, 0.3) is 11.4 Å². The number of hydrogen-bond acceptors (Lipinski definition) is 4. The third-order valence-electron chi connectivity index (χ3n) is 1.32. The van der Waals surface area contributed by atoms with E-state index in [1.165, 1.54) is 0 Å². The second-order valence-electron chi connectivity index (χ2n) is 2.25. The summed E-state index contributed by atoms with van der Waals surface area (Å²) in [7, 11) is 0. The van der Waals surface area contributed by atoms with E-state index in [4.69, 9.17) is 5.73 Å². The lowest BCUT2D eigenvalue weighted by Gasteiger charge is -2.01. The summed E-state index contributed by atoms with van der Waals surface area (Å²) in [6, 6.07) is 2.72. The molecule has 0 aromatic heterocycles. The van der Waals surface area contributed by atoms with Gasteiger partial charge in [0, 0.05) is 12.1 Å². The van der Waals surface area contributed by atoms with Crippen LogP contribution in [0.5, 0.6) is 0 Å². The standard InChI is InChI=1S/C6H4N3O4/c7-4-1-5(8(10)11)3-6(2-4)9(12)13/h1-3,7H/q-1. The van der Waals surface area contributed by atoms with Crippen LogP contribution in [0, 0.1) is 20.2 Å². The van der Waals surface area contributed by atoms with Crippen molar-refractivity contribution in [1.82, 2.24) is 0 Å². The molecule has 0 heterocycles. The molecule has 0 fully saturated rings. The number of non-ortho nitro benzene ring substituents is 2. The Balaban J connectivity index is 3.26. The zero-order chi connectivity index (χ0) is 10.0. The number of nitro groups is 2. The highest BCUT2D eigenvalue weighted by Gasteiger charge is 2.12. The average molecular weight is 182 g/mol. The van der Waals surface area contributed by atoms with Crippen LogP contribution >= 0.6 is 0 Å². The number of nitrogens with zero attached hydrogens (tertiary/aromatic N) is 2. The Labute approximate surface area is 72.1 Å². The van der Waals surface area contributed by atoms with Crippen LogP contribution in [0.1, 0.15) is 0 Å². The number of rotatable bonds is 2. The summed E-state index contributed by atoms with van der Waals surface area (Å²) < 4.78 is 0. The van der Waals surface area contributed by atoms with Crippen LogP contribution in [0.15, 0.2) is 18.2 Å². The van der Waals surface area contributed by atoms with Gasteiger partial charge in [0.2, 0.25) is 0 Å². The summed E-state index contributed by atoms with van der Waals surface area (Å²) >= 11 is 0. The number of nitro benzene ring substituents is 2. The first-order valence-corrected chi connectivity index (χ1v) is 3.16. The van der Waals surface area contributed by atoms with E-state index in [9.17, 15) is 20.2 Å². The molecule has 0 bridgehead atoms. The van der Waals surface area contributed by atoms with Crippen LogP contribution in [0.25, 0.3) is 5.73 Å². The fourth-order valence-corrected chi connectivity index (χ4v) is 0.806. The Morgan fingerprint density at radius 1 is 1.00 bits per heavy atom. The molecule has 68 valence electrons. The zero-order valence-corrected chi connectivity index (χ0v) is 6.26. The van der Waals surface area contributed by atoms with Crippen molar-refractivity contribution in [3.8, 4) is 0 Å². The number of hydrogen-bond donors (Lipinski definition) is 0. The van der Waals surface area contributed by atoms with Crippen molar-refractivity contribution >= 4 is 17.1 Å². The third kappa shape index (κ3) is 1.89. The largest absolute Gasteiger partial charge is 0.698 e. The molecule has 0 radical (unpaired) electrons. The molecular formula is C6H4N3O4-. The number of benzene rings is 1. The Morgan fingerprint density at radius 3 is 1.69 bits per heavy atom. The van der Waals surface area contributed by atoms with Gasteiger partial charge in [-0.1, -0.05) is 0 Å². The van der Waals surface area contributed by atoms with Crippen LogP contribution in [0.3, 0.4) is 0 Å². The van der Waals surface area contributed by atoms with Crippen LogP contribution in [-0.2, 0) is 0 Å². The van der Waals surface area contributed by atoms with Gasteiger partial charge in [-0.2, -0.15) is 0 Å². The fraction of sp³-hybridized carbons (Fsp3) is 0. The molecule has 0 atom stereocenters. The SMILES string of the molecule is [NH-]c1cc([N+](=O)[O-])cc([N+](=O)[O-])c1. The van der Waals surface area contributed by atoms with E-state index in [2.05, 4.69) is 0 Å². The van der Waals surface area contributed by atoms with Gasteiger partial charge in [-0.25, -0.2) is 0 Å². The molecule has 7 heteroatoms. The highest BCUT2D eigenvalue weighted by Crippen LogP contribution is 2.26. The van der Waals surface area contributed by atoms with Crippen LogP contribution < -0.4 is 0 Å². The summed E-state index contributed by atoms with van der Waals surface area (Å²) in [5.74, 6) is 0. The highest BCUT2D eigenvalue weighted by atomic mass is 16.6. The zero-order valence-electron chi connectivity index (χ0n) is 6.26. The summed E-state index contributed by atoms with van der Waals surface area (Å²) in [5.41, 5.74) is 5.91. The molecule has 0 unspecified atom stereocenters. The van der Waals surface area contributed by atoms with Gasteiger partial charge < -0.3 is 5.73 Å². The van der Waals surface area contributed by atoms with Gasteiger partial charge in [0.05, 0.1) is 15.9 Å². The molecule has 0 spiro atoms. The molecule has 0 amide bonds. The lowest BCUT2D eigenvalue weighted by Crippen LogP contribution is -1.91. The molecule has 13 heavy (non-hydrogen) atoms. The molecule has 1 aromatic carbocycles. The van der Waals surface area contributed by atoms with E-state index in [1.54, 1.807) is 0 Å². The summed E-state index contributed by atoms with van der Waals surface area (Å²) in [5, 5.41) is 20.5. The lowest BCUT2D eigenvalue weighted by molar-refractivity contribution is -0.394. The van der Waals surface area contributed by atoms with Crippen molar-refractivity contribution in [3.63, 3.8) is 0 Å². The molecule has 1 aromatic rings. The molecule has 7 nitrogen and oxygen atoms in total. The first-order chi connectivity index (χ1) is 6.00.